The molecule has 0 aromatic carbocycles. The summed E-state index contributed by atoms with van der Waals surface area (Å²) in [5.41, 5.74) is -0.737. The zero-order chi connectivity index (χ0) is 22.7. The van der Waals surface area contributed by atoms with Gasteiger partial charge in [0.05, 0.1) is 17.5 Å². The van der Waals surface area contributed by atoms with Crippen LogP contribution in [0, 0.1) is 11.8 Å². The first-order chi connectivity index (χ1) is 14.8. The maximum atomic E-state index is 13.2. The quantitative estimate of drug-likeness (QED) is 0.260. The standard InChI is InChI=1S/C21H35ClN2O6S/c1-4-5-11-6-7-29-18-12(8-11)9-23-14(18)20(28)24-13(10(2)22)19-16(26)15(25)17(27)21(30-19)31-3/h4,10-19,21,23,25-27H,1,5-9H2,2-3H3,(H,24,28)/t10-,11+,12-,13+,14-,15+,16?,17+,18+,19+,21?/m0/s1. The number of amides is 1. The first-order valence-electron chi connectivity index (χ1n) is 10.9. The molecule has 3 heterocycles. The highest BCUT2D eigenvalue weighted by Crippen LogP contribution is 2.33. The maximum Gasteiger partial charge on any atom is 0.240 e. The smallest absolute Gasteiger partial charge is 0.240 e. The van der Waals surface area contributed by atoms with Gasteiger partial charge < -0.3 is 35.4 Å². The molecule has 31 heavy (non-hydrogen) atoms. The van der Waals surface area contributed by atoms with E-state index in [0.29, 0.717) is 19.1 Å². The average molecular weight is 479 g/mol. The molecule has 3 saturated heterocycles. The van der Waals surface area contributed by atoms with E-state index < -0.39 is 47.3 Å². The molecule has 11 atom stereocenters. The Hall–Kier alpha value is -0.390. The predicted octanol–water partition coefficient (Wildman–Crippen LogP) is 0.228. The largest absolute Gasteiger partial charge is 0.388 e. The third kappa shape index (κ3) is 5.58. The fourth-order valence-electron chi connectivity index (χ4n) is 4.92. The third-order valence-electron chi connectivity index (χ3n) is 6.64. The Morgan fingerprint density at radius 1 is 1.35 bits per heavy atom. The van der Waals surface area contributed by atoms with E-state index in [0.717, 1.165) is 19.3 Å². The van der Waals surface area contributed by atoms with Crippen LogP contribution in [-0.2, 0) is 14.3 Å². The van der Waals surface area contributed by atoms with Gasteiger partial charge in [0.15, 0.2) is 0 Å². The monoisotopic (exact) mass is 478 g/mol. The van der Waals surface area contributed by atoms with Crippen molar-refractivity contribution in [3.05, 3.63) is 12.7 Å². The van der Waals surface area contributed by atoms with E-state index in [1.807, 2.05) is 6.08 Å². The van der Waals surface area contributed by atoms with Gasteiger partial charge in [-0.25, -0.2) is 0 Å². The van der Waals surface area contributed by atoms with E-state index in [9.17, 15) is 20.1 Å². The van der Waals surface area contributed by atoms with Crippen molar-refractivity contribution in [1.82, 2.24) is 10.6 Å². The molecule has 2 unspecified atom stereocenters. The topological polar surface area (TPSA) is 120 Å². The predicted molar refractivity (Wildman–Crippen MR) is 120 cm³/mol. The molecule has 3 rings (SSSR count). The van der Waals surface area contributed by atoms with Gasteiger partial charge in [0.25, 0.3) is 0 Å². The van der Waals surface area contributed by atoms with E-state index in [1.165, 1.54) is 11.8 Å². The SMILES string of the molecule is C=CC[C@@H]1CCO[C@@H]2[C@H](CN[C@@H]2C(=O)N[C@H]([C@H](C)Cl)[C@H]2OC(SC)[C@H](O)[C@H](O)C2O)C1. The average Bonchev–Trinajstić information content (AvgIpc) is 3.02. The summed E-state index contributed by atoms with van der Waals surface area (Å²) in [6, 6.07) is -1.29. The molecule has 0 aromatic rings. The van der Waals surface area contributed by atoms with Gasteiger partial charge in [-0.2, -0.15) is 0 Å². The molecule has 0 aliphatic carbocycles. The van der Waals surface area contributed by atoms with Gasteiger partial charge in [0, 0.05) is 13.2 Å². The molecule has 3 fully saturated rings. The maximum absolute atomic E-state index is 13.2. The van der Waals surface area contributed by atoms with E-state index in [1.54, 1.807) is 13.2 Å². The van der Waals surface area contributed by atoms with Crippen molar-refractivity contribution in [3.8, 4) is 0 Å². The lowest BCUT2D eigenvalue weighted by molar-refractivity contribution is -0.205. The number of hydrogen-bond donors (Lipinski definition) is 5. The summed E-state index contributed by atoms with van der Waals surface area (Å²) in [5.74, 6) is 0.475. The van der Waals surface area contributed by atoms with Crippen molar-refractivity contribution in [3.63, 3.8) is 0 Å². The number of carbonyl (C=O) groups is 1. The van der Waals surface area contributed by atoms with Gasteiger partial charge in [-0.15, -0.1) is 29.9 Å². The van der Waals surface area contributed by atoms with Crippen molar-refractivity contribution < 1.29 is 29.6 Å². The Morgan fingerprint density at radius 2 is 2.10 bits per heavy atom. The molecule has 0 aromatic heterocycles. The van der Waals surface area contributed by atoms with Gasteiger partial charge in [-0.1, -0.05) is 6.08 Å². The molecular formula is C21H35ClN2O6S. The van der Waals surface area contributed by atoms with Crippen molar-refractivity contribution in [2.24, 2.45) is 11.8 Å². The second-order valence-electron chi connectivity index (χ2n) is 8.78. The van der Waals surface area contributed by atoms with Crippen LogP contribution in [0.15, 0.2) is 12.7 Å². The number of halogens is 1. The third-order valence-corrected chi connectivity index (χ3v) is 7.77. The highest BCUT2D eigenvalue weighted by atomic mass is 35.5. The zero-order valence-electron chi connectivity index (χ0n) is 18.0. The van der Waals surface area contributed by atoms with Crippen LogP contribution in [0.1, 0.15) is 26.2 Å². The molecule has 3 aliphatic heterocycles. The van der Waals surface area contributed by atoms with Gasteiger partial charge in [-0.05, 0) is 44.3 Å². The number of alkyl halides is 1. The van der Waals surface area contributed by atoms with Crippen LogP contribution in [0.3, 0.4) is 0 Å². The Morgan fingerprint density at radius 3 is 2.74 bits per heavy atom. The normalized spacial score (nSPS) is 42.8. The summed E-state index contributed by atoms with van der Waals surface area (Å²) in [6.45, 7) is 6.83. The molecule has 0 spiro atoms. The molecular weight excluding hydrogens is 444 g/mol. The minimum absolute atomic E-state index is 0.232. The van der Waals surface area contributed by atoms with Crippen LogP contribution >= 0.6 is 23.4 Å². The first kappa shape index (κ1) is 25.2. The van der Waals surface area contributed by atoms with Crippen LogP contribution in [-0.4, -0.2) is 94.1 Å². The number of ether oxygens (including phenoxy) is 2. The minimum Gasteiger partial charge on any atom is -0.388 e. The molecule has 10 heteroatoms. The van der Waals surface area contributed by atoms with Crippen molar-refractivity contribution >= 4 is 29.3 Å². The molecule has 1 amide bonds. The Labute approximate surface area is 193 Å². The van der Waals surface area contributed by atoms with Gasteiger partial charge >= 0.3 is 0 Å². The lowest BCUT2D eigenvalue weighted by atomic mass is 9.88. The summed E-state index contributed by atoms with van der Waals surface area (Å²) < 4.78 is 11.9. The number of aliphatic hydroxyl groups excluding tert-OH is 3. The molecule has 178 valence electrons. The van der Waals surface area contributed by atoms with Gasteiger partial charge in [0.1, 0.15) is 35.9 Å². The molecule has 0 bridgehead atoms. The van der Waals surface area contributed by atoms with Crippen molar-refractivity contribution in [1.29, 1.82) is 0 Å². The fourth-order valence-corrected chi connectivity index (χ4v) is 5.80. The number of fused-ring (bicyclic) bond motifs is 1. The second kappa shape index (κ2) is 11.2. The van der Waals surface area contributed by atoms with Crippen LogP contribution in [0.2, 0.25) is 0 Å². The molecule has 3 aliphatic rings. The summed E-state index contributed by atoms with van der Waals surface area (Å²) in [4.78, 5) is 13.2. The van der Waals surface area contributed by atoms with Crippen molar-refractivity contribution in [2.75, 3.05) is 19.4 Å². The number of carbonyl (C=O) groups excluding carboxylic acids is 1. The van der Waals surface area contributed by atoms with Gasteiger partial charge in [0.2, 0.25) is 5.91 Å². The molecule has 8 nitrogen and oxygen atoms in total. The van der Waals surface area contributed by atoms with E-state index >= 15 is 0 Å². The van der Waals surface area contributed by atoms with Crippen molar-refractivity contribution in [2.45, 2.75) is 79.6 Å². The summed E-state index contributed by atoms with van der Waals surface area (Å²) >= 11 is 7.59. The van der Waals surface area contributed by atoms with Crippen LogP contribution in [0.5, 0.6) is 0 Å². The molecule has 0 radical (unpaired) electrons. The highest BCUT2D eigenvalue weighted by Gasteiger charge is 2.49. The molecule has 0 saturated carbocycles. The summed E-state index contributed by atoms with van der Waals surface area (Å²) in [6.07, 6.45) is 1.34. The Kier molecular flexibility index (Phi) is 9.08. The van der Waals surface area contributed by atoms with E-state index in [4.69, 9.17) is 21.1 Å². The number of aliphatic hydroxyl groups is 3. The number of nitrogens with one attached hydrogen (secondary N) is 2. The minimum atomic E-state index is -1.40. The van der Waals surface area contributed by atoms with E-state index in [2.05, 4.69) is 17.2 Å². The highest BCUT2D eigenvalue weighted by molar-refractivity contribution is 7.99. The van der Waals surface area contributed by atoms with Crippen LogP contribution in [0.25, 0.3) is 0 Å². The first-order valence-corrected chi connectivity index (χ1v) is 12.6. The fraction of sp³-hybridized carbons (Fsp3) is 0.857. The lowest BCUT2D eigenvalue weighted by Crippen LogP contribution is -2.65. The lowest BCUT2D eigenvalue weighted by Gasteiger charge is -2.44. The Balaban J connectivity index is 1.69. The summed E-state index contributed by atoms with van der Waals surface area (Å²) in [7, 11) is 0. The molecule has 5 N–H and O–H groups in total. The number of allylic oxidation sites excluding steroid dienone is 1. The number of hydrogen-bond acceptors (Lipinski definition) is 8. The summed E-state index contributed by atoms with van der Waals surface area (Å²) in [5, 5.41) is 36.5. The zero-order valence-corrected chi connectivity index (χ0v) is 19.6. The number of thioether (sulfide) groups is 1. The number of rotatable bonds is 7. The Bertz CT molecular complexity index is 627. The van der Waals surface area contributed by atoms with Crippen LogP contribution < -0.4 is 10.6 Å². The van der Waals surface area contributed by atoms with Crippen LogP contribution in [0.4, 0.5) is 0 Å². The van der Waals surface area contributed by atoms with E-state index in [-0.39, 0.29) is 17.9 Å². The second-order valence-corrected chi connectivity index (χ2v) is 10.4. The van der Waals surface area contributed by atoms with Gasteiger partial charge in [-0.3, -0.25) is 4.79 Å².